The minimum Gasteiger partial charge on any atom is -0.465 e. The molecule has 1 aromatic carbocycles. The average molecular weight is 364 g/mol. The van der Waals surface area contributed by atoms with Gasteiger partial charge in [0.1, 0.15) is 0 Å². The first-order chi connectivity index (χ1) is 8.99. The van der Waals surface area contributed by atoms with Crippen molar-refractivity contribution in [2.45, 2.75) is 26.4 Å². The maximum atomic E-state index is 11.4. The van der Waals surface area contributed by atoms with Crippen molar-refractivity contribution in [1.29, 1.82) is 0 Å². The van der Waals surface area contributed by atoms with Gasteiger partial charge in [0.05, 0.1) is 19.3 Å². The Labute approximate surface area is 135 Å². The monoisotopic (exact) mass is 363 g/mol. The van der Waals surface area contributed by atoms with Crippen LogP contribution in [0.5, 0.6) is 0 Å². The van der Waals surface area contributed by atoms with Crippen LogP contribution in [-0.2, 0) is 11.3 Å². The highest BCUT2D eigenvalue weighted by Gasteiger charge is 2.13. The van der Waals surface area contributed by atoms with E-state index in [1.54, 1.807) is 12.1 Å². The molecule has 0 spiro atoms. The second kappa shape index (κ2) is 9.39. The van der Waals surface area contributed by atoms with Gasteiger partial charge in [-0.3, -0.25) is 0 Å². The van der Waals surface area contributed by atoms with Gasteiger partial charge in [0.15, 0.2) is 0 Å². The van der Waals surface area contributed by atoms with E-state index in [9.17, 15) is 9.90 Å². The highest BCUT2D eigenvalue weighted by molar-refractivity contribution is 9.10. The first-order valence-corrected chi connectivity index (χ1v) is 6.99. The second-order valence-corrected chi connectivity index (χ2v) is 5.57. The number of carbonyl (C=O) groups is 1. The summed E-state index contributed by atoms with van der Waals surface area (Å²) in [5.41, 5.74) is 1.55. The minimum absolute atomic E-state index is 0. The molecule has 0 amide bonds. The summed E-state index contributed by atoms with van der Waals surface area (Å²) in [6.07, 6.45) is 0. The van der Waals surface area contributed by atoms with Crippen molar-refractivity contribution in [1.82, 2.24) is 5.32 Å². The van der Waals surface area contributed by atoms with Crippen LogP contribution in [0.3, 0.4) is 0 Å². The Morgan fingerprint density at radius 3 is 2.55 bits per heavy atom. The zero-order chi connectivity index (χ0) is 14.4. The van der Waals surface area contributed by atoms with Crippen molar-refractivity contribution >= 4 is 35.4 Å². The summed E-state index contributed by atoms with van der Waals surface area (Å²) in [7, 11) is 1.36. The molecule has 2 N–H and O–H groups in total. The largest absolute Gasteiger partial charge is 0.465 e. The molecule has 1 atom stereocenters. The van der Waals surface area contributed by atoms with Crippen LogP contribution in [-0.4, -0.2) is 30.8 Å². The van der Waals surface area contributed by atoms with Gasteiger partial charge in [0.2, 0.25) is 0 Å². The van der Waals surface area contributed by atoms with Gasteiger partial charge in [-0.1, -0.05) is 35.8 Å². The quantitative estimate of drug-likeness (QED) is 0.762. The summed E-state index contributed by atoms with van der Waals surface area (Å²) in [5.74, 6) is 0.00809. The summed E-state index contributed by atoms with van der Waals surface area (Å²) in [6, 6.07) is 5.41. The minimum atomic E-state index is -0.351. The fourth-order valence-corrected chi connectivity index (χ4v) is 2.21. The maximum absolute atomic E-state index is 11.4. The number of aliphatic hydroxyl groups excluding tert-OH is 1. The van der Waals surface area contributed by atoms with Crippen LogP contribution < -0.4 is 5.32 Å². The van der Waals surface area contributed by atoms with Crippen molar-refractivity contribution in [2.24, 2.45) is 5.92 Å². The van der Waals surface area contributed by atoms with Gasteiger partial charge in [0, 0.05) is 17.1 Å². The fourth-order valence-electron chi connectivity index (χ4n) is 1.69. The zero-order valence-electron chi connectivity index (χ0n) is 11.9. The molecule has 0 radical (unpaired) electrons. The second-order valence-electron chi connectivity index (χ2n) is 4.71. The number of methoxy groups -OCH3 is 1. The van der Waals surface area contributed by atoms with Gasteiger partial charge in [-0.15, -0.1) is 0 Å². The molecule has 0 heterocycles. The number of carbonyl (C=O) groups excluding carboxylic acids is 1. The highest BCUT2D eigenvalue weighted by Crippen LogP contribution is 2.19. The molecule has 0 bridgehead atoms. The molecular formula is C14H22BrNO3S. The lowest BCUT2D eigenvalue weighted by molar-refractivity contribution is 0.0600. The molecule has 0 saturated carbocycles. The van der Waals surface area contributed by atoms with Crippen LogP contribution in [0, 0.1) is 5.92 Å². The van der Waals surface area contributed by atoms with Gasteiger partial charge >= 0.3 is 5.97 Å². The molecular weight excluding hydrogens is 342 g/mol. The van der Waals surface area contributed by atoms with Crippen molar-refractivity contribution in [2.75, 3.05) is 13.7 Å². The molecule has 20 heavy (non-hydrogen) atoms. The molecule has 0 aliphatic carbocycles. The molecule has 0 saturated heterocycles. The van der Waals surface area contributed by atoms with E-state index in [1.165, 1.54) is 7.11 Å². The Morgan fingerprint density at radius 1 is 1.45 bits per heavy atom. The summed E-state index contributed by atoms with van der Waals surface area (Å²) in [6.45, 7) is 4.85. The SMILES string of the molecule is COC(=O)c1ccc(CN[C@H](CO)C(C)C)c(Br)c1.S. The zero-order valence-corrected chi connectivity index (χ0v) is 14.5. The van der Waals surface area contributed by atoms with E-state index in [1.807, 2.05) is 6.07 Å². The van der Waals surface area contributed by atoms with Crippen LogP contribution in [0.15, 0.2) is 22.7 Å². The maximum Gasteiger partial charge on any atom is 0.337 e. The Balaban J connectivity index is 0.00000361. The van der Waals surface area contributed by atoms with Crippen LogP contribution in [0.2, 0.25) is 0 Å². The molecule has 0 aromatic heterocycles. The molecule has 4 nitrogen and oxygen atoms in total. The van der Waals surface area contributed by atoms with Crippen molar-refractivity contribution < 1.29 is 14.6 Å². The van der Waals surface area contributed by atoms with E-state index in [0.29, 0.717) is 18.0 Å². The number of nitrogens with one attached hydrogen (secondary N) is 1. The molecule has 114 valence electrons. The fraction of sp³-hybridized carbons (Fsp3) is 0.500. The smallest absolute Gasteiger partial charge is 0.337 e. The topological polar surface area (TPSA) is 58.6 Å². The Hall–Kier alpha value is -0.560. The third-order valence-corrected chi connectivity index (χ3v) is 3.77. The van der Waals surface area contributed by atoms with Crippen LogP contribution in [0.25, 0.3) is 0 Å². The predicted octanol–water partition coefficient (Wildman–Crippen LogP) is 2.46. The molecule has 1 aromatic rings. The molecule has 0 aliphatic heterocycles. The normalized spacial score (nSPS) is 11.9. The lowest BCUT2D eigenvalue weighted by Crippen LogP contribution is -2.36. The average Bonchev–Trinajstić information content (AvgIpc) is 2.39. The first-order valence-electron chi connectivity index (χ1n) is 6.20. The van der Waals surface area contributed by atoms with Crippen molar-refractivity contribution in [3.8, 4) is 0 Å². The third-order valence-electron chi connectivity index (χ3n) is 3.03. The first kappa shape index (κ1) is 19.4. The van der Waals surface area contributed by atoms with E-state index in [-0.39, 0.29) is 32.1 Å². The Kier molecular flexibility index (Phi) is 9.13. The van der Waals surface area contributed by atoms with Crippen LogP contribution in [0.1, 0.15) is 29.8 Å². The van der Waals surface area contributed by atoms with E-state index in [4.69, 9.17) is 0 Å². The number of esters is 1. The highest BCUT2D eigenvalue weighted by atomic mass is 79.9. The molecule has 0 fully saturated rings. The lowest BCUT2D eigenvalue weighted by Gasteiger charge is -2.20. The van der Waals surface area contributed by atoms with E-state index < -0.39 is 0 Å². The number of hydrogen-bond acceptors (Lipinski definition) is 4. The van der Waals surface area contributed by atoms with E-state index >= 15 is 0 Å². The van der Waals surface area contributed by atoms with E-state index in [2.05, 4.69) is 39.8 Å². The van der Waals surface area contributed by atoms with Crippen molar-refractivity contribution in [3.63, 3.8) is 0 Å². The predicted molar refractivity (Wildman–Crippen MR) is 88.4 cm³/mol. The third kappa shape index (κ3) is 5.44. The van der Waals surface area contributed by atoms with Crippen LogP contribution >= 0.6 is 29.4 Å². The standard InChI is InChI=1S/C14H20BrNO3.H2S/c1-9(2)13(8-17)16-7-11-5-4-10(6-12(11)15)14(18)19-3;/h4-6,9,13,16-17H,7-8H2,1-3H3;1H2/t13-;/m1./s1. The van der Waals surface area contributed by atoms with Gasteiger partial charge in [-0.2, -0.15) is 13.5 Å². The Bertz CT molecular complexity index is 440. The summed E-state index contributed by atoms with van der Waals surface area (Å²) >= 11 is 3.44. The molecule has 1 rings (SSSR count). The number of ether oxygens (including phenoxy) is 1. The van der Waals surface area contributed by atoms with Gasteiger partial charge < -0.3 is 15.2 Å². The van der Waals surface area contributed by atoms with Crippen LogP contribution in [0.4, 0.5) is 0 Å². The molecule has 6 heteroatoms. The number of aliphatic hydroxyl groups is 1. The lowest BCUT2D eigenvalue weighted by atomic mass is 10.0. The van der Waals surface area contributed by atoms with Gasteiger partial charge in [0.25, 0.3) is 0 Å². The summed E-state index contributed by atoms with van der Waals surface area (Å²) in [5, 5.41) is 12.5. The number of hydrogen-bond donors (Lipinski definition) is 2. The number of rotatable bonds is 6. The van der Waals surface area contributed by atoms with Crippen molar-refractivity contribution in [3.05, 3.63) is 33.8 Å². The van der Waals surface area contributed by atoms with Gasteiger partial charge in [-0.25, -0.2) is 4.79 Å². The van der Waals surface area contributed by atoms with E-state index in [0.717, 1.165) is 10.0 Å². The molecule has 0 unspecified atom stereocenters. The summed E-state index contributed by atoms with van der Waals surface area (Å²) < 4.78 is 5.52. The number of benzene rings is 1. The summed E-state index contributed by atoms with van der Waals surface area (Å²) in [4.78, 5) is 11.4. The Morgan fingerprint density at radius 2 is 2.10 bits per heavy atom. The van der Waals surface area contributed by atoms with Gasteiger partial charge in [-0.05, 0) is 23.6 Å². The number of halogens is 1. The molecule has 0 aliphatic rings.